The van der Waals surface area contributed by atoms with Gasteiger partial charge in [0.1, 0.15) is 24.1 Å². The fourth-order valence-corrected chi connectivity index (χ4v) is 10.6. The molecule has 0 unspecified atom stereocenters. The average Bonchev–Trinajstić information content (AvgIpc) is 3.75. The van der Waals surface area contributed by atoms with Crippen LogP contribution < -0.4 is 0 Å². The summed E-state index contributed by atoms with van der Waals surface area (Å²) in [5, 5.41) is 20.1. The summed E-state index contributed by atoms with van der Waals surface area (Å²) in [6.07, 6.45) is 3.31. The quantitative estimate of drug-likeness (QED) is 0.411. The number of methoxy groups -OCH3 is 1. The molecular weight excluding hydrogens is 672 g/mol. The molecule has 0 aromatic carbocycles. The maximum Gasteiger partial charge on any atom is 0.135 e. The molecule has 0 aromatic heterocycles. The van der Waals surface area contributed by atoms with Crippen LogP contribution in [0.25, 0.3) is 0 Å². The van der Waals surface area contributed by atoms with Crippen LogP contribution in [-0.2, 0) is 47.4 Å². The van der Waals surface area contributed by atoms with E-state index in [1.54, 1.807) is 7.11 Å². The SMILES string of the molecule is C=C1C[C@@H]2CCOC[C@H]3[C@@H]4O[C@H]5CC[C@H](CC(=O)C[C@@H]6[C@@H](OC)[C@@H](C[C@H](O)CO)O[C@H]6C[C@H]6O[C@@H](CC[C@@H]1O2)C[C@@H](C)C6=C)O[C@@H]5[C@@H]1OC[C@@H]3O[C@@H]14. The van der Waals surface area contributed by atoms with Crippen LogP contribution in [0.15, 0.2) is 24.3 Å². The number of aliphatic hydroxyl groups is 2. The number of fused-ring (bicyclic) bond motifs is 2. The van der Waals surface area contributed by atoms with Crippen molar-refractivity contribution >= 4 is 5.78 Å². The Kier molecular flexibility index (Phi) is 11.6. The average molecular weight is 733 g/mol. The van der Waals surface area contributed by atoms with Crippen molar-refractivity contribution in [1.29, 1.82) is 0 Å². The predicted octanol–water partition coefficient (Wildman–Crippen LogP) is 3.23. The molecular formula is C40H60O12. The fourth-order valence-electron chi connectivity index (χ4n) is 10.6. The molecule has 12 nitrogen and oxygen atoms in total. The lowest BCUT2D eigenvalue weighted by molar-refractivity contribution is -0.283. The van der Waals surface area contributed by atoms with E-state index in [2.05, 4.69) is 20.1 Å². The Labute approximate surface area is 307 Å². The second kappa shape index (κ2) is 16.1. The second-order valence-electron chi connectivity index (χ2n) is 16.9. The Hall–Kier alpha value is -1.29. The van der Waals surface area contributed by atoms with Crippen molar-refractivity contribution in [3.8, 4) is 0 Å². The molecule has 18 atom stereocenters. The first-order valence-corrected chi connectivity index (χ1v) is 20.0. The number of Topliss-reactive ketones (excluding diaryl/α,β-unsaturated/α-hetero) is 1. The van der Waals surface area contributed by atoms with Crippen molar-refractivity contribution in [3.05, 3.63) is 24.3 Å². The largest absolute Gasteiger partial charge is 0.394 e. The van der Waals surface area contributed by atoms with Gasteiger partial charge in [0.2, 0.25) is 0 Å². The summed E-state index contributed by atoms with van der Waals surface area (Å²) >= 11 is 0. The van der Waals surface area contributed by atoms with E-state index in [4.69, 9.17) is 42.6 Å². The van der Waals surface area contributed by atoms with Crippen LogP contribution in [0, 0.1) is 17.8 Å². The molecule has 292 valence electrons. The van der Waals surface area contributed by atoms with Gasteiger partial charge >= 0.3 is 0 Å². The third-order valence-electron chi connectivity index (χ3n) is 13.4. The zero-order chi connectivity index (χ0) is 36.1. The fraction of sp³-hybridized carbons (Fsp3) is 0.875. The van der Waals surface area contributed by atoms with E-state index in [-0.39, 0.29) is 123 Å². The van der Waals surface area contributed by atoms with Gasteiger partial charge in [-0.05, 0) is 62.0 Å². The maximum absolute atomic E-state index is 14.0. The predicted molar refractivity (Wildman–Crippen MR) is 187 cm³/mol. The van der Waals surface area contributed by atoms with E-state index in [0.717, 1.165) is 56.1 Å². The van der Waals surface area contributed by atoms with Crippen LogP contribution >= 0.6 is 0 Å². The van der Waals surface area contributed by atoms with Gasteiger partial charge in [0.15, 0.2) is 0 Å². The van der Waals surface area contributed by atoms with Crippen molar-refractivity contribution in [2.45, 2.75) is 169 Å². The number of carbonyl (C=O) groups excluding carboxylic acids is 1. The number of hydrogen-bond acceptors (Lipinski definition) is 12. The smallest absolute Gasteiger partial charge is 0.135 e. The molecule has 0 radical (unpaired) electrons. The zero-order valence-electron chi connectivity index (χ0n) is 30.9. The van der Waals surface area contributed by atoms with Gasteiger partial charge in [-0.25, -0.2) is 0 Å². The monoisotopic (exact) mass is 732 g/mol. The zero-order valence-corrected chi connectivity index (χ0v) is 30.9. The molecule has 12 heteroatoms. The number of aliphatic hydroxyl groups excluding tert-OH is 2. The molecule has 2 N–H and O–H groups in total. The number of hydrogen-bond donors (Lipinski definition) is 2. The summed E-state index contributed by atoms with van der Waals surface area (Å²) in [5.41, 5.74) is 2.17. The molecule has 52 heavy (non-hydrogen) atoms. The summed E-state index contributed by atoms with van der Waals surface area (Å²) in [6, 6.07) is 0. The number of ketones is 1. The van der Waals surface area contributed by atoms with E-state index in [0.29, 0.717) is 26.2 Å². The standard InChI is InChI=1S/C40H60O12/c1-20-11-25-5-7-30-21(2)12-27(47-30)9-10-45-18-29-35-19-46-39-38-31(51-37(29)40(39)52-35)8-6-26(49-38)13-23(42)14-28-33(16-32(48-25)22(20)3)50-34(36(28)44-4)15-24(43)17-41/h20,24-41,43H,2-3,5-19H2,1,4H3/t20-,24+,25+,26-,27+,28+,29-,30+,31+,32-,33+,34-,35+,36-,37+,38+,39+,40-/m1/s1. The Morgan fingerprint density at radius 1 is 0.769 bits per heavy atom. The van der Waals surface area contributed by atoms with Crippen LogP contribution in [0.3, 0.4) is 0 Å². The van der Waals surface area contributed by atoms with Crippen LogP contribution in [-0.4, -0.2) is 141 Å². The molecule has 11 bridgehead atoms. The van der Waals surface area contributed by atoms with Gasteiger partial charge in [0.25, 0.3) is 0 Å². The van der Waals surface area contributed by atoms with Crippen molar-refractivity contribution in [3.63, 3.8) is 0 Å². The Balaban J connectivity index is 1.02. The molecule has 0 spiro atoms. The summed E-state index contributed by atoms with van der Waals surface area (Å²) in [7, 11) is 1.63. The van der Waals surface area contributed by atoms with E-state index in [9.17, 15) is 15.0 Å². The Morgan fingerprint density at radius 3 is 2.38 bits per heavy atom. The van der Waals surface area contributed by atoms with Gasteiger partial charge in [-0.15, -0.1) is 0 Å². The summed E-state index contributed by atoms with van der Waals surface area (Å²) in [5.74, 6) is 0.174. The second-order valence-corrected chi connectivity index (χ2v) is 16.9. The molecule has 10 saturated heterocycles. The third-order valence-corrected chi connectivity index (χ3v) is 13.4. The van der Waals surface area contributed by atoms with Crippen molar-refractivity contribution in [2.24, 2.45) is 17.8 Å². The highest BCUT2D eigenvalue weighted by atomic mass is 16.7. The molecule has 0 saturated carbocycles. The molecule has 10 aliphatic rings. The first kappa shape index (κ1) is 37.6. The molecule has 10 fully saturated rings. The Morgan fingerprint density at radius 2 is 1.56 bits per heavy atom. The van der Waals surface area contributed by atoms with Crippen molar-refractivity contribution in [2.75, 3.05) is 33.5 Å². The molecule has 10 heterocycles. The first-order valence-electron chi connectivity index (χ1n) is 20.0. The van der Waals surface area contributed by atoms with Crippen molar-refractivity contribution in [1.82, 2.24) is 0 Å². The molecule has 10 aliphatic heterocycles. The Bertz CT molecular complexity index is 1290. The number of ether oxygens (including phenoxy) is 9. The van der Waals surface area contributed by atoms with Gasteiger partial charge in [-0.2, -0.15) is 0 Å². The molecule has 10 rings (SSSR count). The summed E-state index contributed by atoms with van der Waals surface area (Å²) < 4.78 is 58.4. The van der Waals surface area contributed by atoms with Crippen LogP contribution in [0.4, 0.5) is 0 Å². The minimum Gasteiger partial charge on any atom is -0.394 e. The first-order chi connectivity index (χ1) is 25.2. The van der Waals surface area contributed by atoms with Gasteiger partial charge in [0, 0.05) is 51.2 Å². The van der Waals surface area contributed by atoms with E-state index < -0.39 is 18.3 Å². The highest BCUT2D eigenvalue weighted by molar-refractivity contribution is 5.79. The molecule has 0 amide bonds. The summed E-state index contributed by atoms with van der Waals surface area (Å²) in [4.78, 5) is 14.0. The highest BCUT2D eigenvalue weighted by Crippen LogP contribution is 2.46. The number of rotatable bonds is 4. The summed E-state index contributed by atoms with van der Waals surface area (Å²) in [6.45, 7) is 12.3. The lowest BCUT2D eigenvalue weighted by atomic mass is 9.81. The maximum atomic E-state index is 14.0. The third kappa shape index (κ3) is 7.61. The van der Waals surface area contributed by atoms with E-state index in [1.165, 1.54) is 0 Å². The lowest BCUT2D eigenvalue weighted by Gasteiger charge is -2.48. The van der Waals surface area contributed by atoms with Gasteiger partial charge in [-0.3, -0.25) is 4.79 Å². The normalized spacial score (nSPS) is 49.2. The van der Waals surface area contributed by atoms with E-state index >= 15 is 0 Å². The van der Waals surface area contributed by atoms with Gasteiger partial charge < -0.3 is 52.8 Å². The van der Waals surface area contributed by atoms with E-state index in [1.807, 2.05) is 0 Å². The number of carbonyl (C=O) groups is 1. The van der Waals surface area contributed by atoms with Crippen LogP contribution in [0.1, 0.15) is 77.6 Å². The molecule has 0 aromatic rings. The van der Waals surface area contributed by atoms with Crippen LogP contribution in [0.2, 0.25) is 0 Å². The highest BCUT2D eigenvalue weighted by Gasteiger charge is 2.61. The lowest BCUT2D eigenvalue weighted by Crippen LogP contribution is -2.62. The minimum atomic E-state index is -0.950. The van der Waals surface area contributed by atoms with Gasteiger partial charge in [-0.1, -0.05) is 20.1 Å². The van der Waals surface area contributed by atoms with Crippen LogP contribution in [0.5, 0.6) is 0 Å². The minimum absolute atomic E-state index is 0.00528. The van der Waals surface area contributed by atoms with Crippen molar-refractivity contribution < 1.29 is 57.6 Å². The molecule has 0 aliphatic carbocycles. The topological polar surface area (TPSA) is 141 Å². The van der Waals surface area contributed by atoms with Gasteiger partial charge in [0.05, 0.1) is 93.1 Å².